The van der Waals surface area contributed by atoms with Gasteiger partial charge in [-0.1, -0.05) is 13.3 Å². The molecule has 1 saturated heterocycles. The van der Waals surface area contributed by atoms with Crippen LogP contribution in [-0.4, -0.2) is 43.5 Å². The Morgan fingerprint density at radius 3 is 2.71 bits per heavy atom. The van der Waals surface area contributed by atoms with Crippen LogP contribution in [0.4, 0.5) is 0 Å². The van der Waals surface area contributed by atoms with E-state index in [1.165, 1.54) is 12.8 Å². The van der Waals surface area contributed by atoms with Crippen LogP contribution in [0.1, 0.15) is 32.6 Å². The number of rotatable bonds is 7. The zero-order chi connectivity index (χ0) is 10.2. The van der Waals surface area contributed by atoms with Gasteiger partial charge in [0.15, 0.2) is 5.78 Å². The molecule has 1 aliphatic rings. The number of Topliss-reactive ketones (excluding diaryl/α,β-unsaturated/α-hetero) is 1. The van der Waals surface area contributed by atoms with Gasteiger partial charge in [-0.15, -0.1) is 0 Å². The molecule has 0 amide bonds. The van der Waals surface area contributed by atoms with Gasteiger partial charge >= 0.3 is 0 Å². The van der Waals surface area contributed by atoms with Gasteiger partial charge in [0.05, 0.1) is 6.54 Å². The third kappa shape index (κ3) is 4.72. The van der Waals surface area contributed by atoms with Crippen molar-refractivity contribution in [3.63, 3.8) is 0 Å². The van der Waals surface area contributed by atoms with Gasteiger partial charge in [-0.25, -0.2) is 0 Å². The molecule has 0 aliphatic carbocycles. The molecule has 0 aromatic rings. The highest BCUT2D eigenvalue weighted by Crippen LogP contribution is 2.06. The summed E-state index contributed by atoms with van der Waals surface area (Å²) in [6, 6.07) is 0. The third-order valence-corrected chi connectivity index (χ3v) is 2.50. The molecular weight excluding hydrogens is 178 g/mol. The molecule has 0 radical (unpaired) electrons. The average molecular weight is 199 g/mol. The quantitative estimate of drug-likeness (QED) is 0.581. The van der Waals surface area contributed by atoms with Crippen LogP contribution < -0.4 is 0 Å². The summed E-state index contributed by atoms with van der Waals surface area (Å²) < 4.78 is 5.27. The Morgan fingerprint density at radius 1 is 1.36 bits per heavy atom. The molecule has 1 fully saturated rings. The van der Waals surface area contributed by atoms with E-state index in [9.17, 15) is 4.79 Å². The second kappa shape index (κ2) is 6.96. The summed E-state index contributed by atoms with van der Waals surface area (Å²) in [4.78, 5) is 13.6. The van der Waals surface area contributed by atoms with E-state index in [-0.39, 0.29) is 5.78 Å². The number of carbonyl (C=O) groups is 1. The summed E-state index contributed by atoms with van der Waals surface area (Å²) >= 11 is 0. The smallest absolute Gasteiger partial charge is 0.172 e. The molecule has 1 rings (SSSR count). The van der Waals surface area contributed by atoms with Crippen LogP contribution >= 0.6 is 0 Å². The van der Waals surface area contributed by atoms with Crippen molar-refractivity contribution >= 4 is 5.78 Å². The Labute approximate surface area is 86.4 Å². The fraction of sp³-hybridized carbons (Fsp3) is 0.909. The summed E-state index contributed by atoms with van der Waals surface area (Å²) in [6.45, 7) is 5.90. The second-order valence-corrected chi connectivity index (χ2v) is 3.93. The van der Waals surface area contributed by atoms with Crippen LogP contribution in [0.25, 0.3) is 0 Å². The van der Waals surface area contributed by atoms with E-state index in [0.29, 0.717) is 13.2 Å². The van der Waals surface area contributed by atoms with Crippen LogP contribution in [0, 0.1) is 0 Å². The number of likely N-dealkylation sites (tertiary alicyclic amines) is 1. The summed E-state index contributed by atoms with van der Waals surface area (Å²) in [5.41, 5.74) is 0. The van der Waals surface area contributed by atoms with Gasteiger partial charge in [0.2, 0.25) is 0 Å². The zero-order valence-electron chi connectivity index (χ0n) is 9.13. The van der Waals surface area contributed by atoms with Crippen LogP contribution in [-0.2, 0) is 9.53 Å². The minimum atomic E-state index is 0.225. The highest BCUT2D eigenvalue weighted by Gasteiger charge is 2.14. The standard InChI is InChI=1S/C11H21NO2/c1-2-3-8-14-10-11(13)9-12-6-4-5-7-12/h2-10H2,1H3. The normalized spacial score (nSPS) is 17.5. The molecule has 1 aliphatic heterocycles. The number of hydrogen-bond acceptors (Lipinski definition) is 3. The molecule has 3 heteroatoms. The molecule has 0 bridgehead atoms. The van der Waals surface area contributed by atoms with Crippen molar-refractivity contribution in [2.75, 3.05) is 32.8 Å². The molecule has 14 heavy (non-hydrogen) atoms. The molecule has 0 aromatic heterocycles. The van der Waals surface area contributed by atoms with Gasteiger partial charge in [-0.05, 0) is 32.4 Å². The molecule has 0 atom stereocenters. The summed E-state index contributed by atoms with van der Waals surface area (Å²) in [7, 11) is 0. The highest BCUT2D eigenvalue weighted by molar-refractivity contribution is 5.81. The minimum absolute atomic E-state index is 0.225. The predicted molar refractivity (Wildman–Crippen MR) is 56.4 cm³/mol. The van der Waals surface area contributed by atoms with Crippen LogP contribution in [0.15, 0.2) is 0 Å². The highest BCUT2D eigenvalue weighted by atomic mass is 16.5. The molecule has 0 aromatic carbocycles. The van der Waals surface area contributed by atoms with Gasteiger partial charge in [0, 0.05) is 6.61 Å². The number of ether oxygens (including phenoxy) is 1. The maximum Gasteiger partial charge on any atom is 0.172 e. The van der Waals surface area contributed by atoms with E-state index >= 15 is 0 Å². The topological polar surface area (TPSA) is 29.5 Å². The molecule has 1 heterocycles. The molecule has 0 spiro atoms. The minimum Gasteiger partial charge on any atom is -0.374 e. The summed E-state index contributed by atoms with van der Waals surface area (Å²) in [5.74, 6) is 0.225. The van der Waals surface area contributed by atoms with Gasteiger partial charge < -0.3 is 4.74 Å². The Hall–Kier alpha value is -0.410. The number of nitrogens with zero attached hydrogens (tertiary/aromatic N) is 1. The molecule has 0 N–H and O–H groups in total. The van der Waals surface area contributed by atoms with Gasteiger partial charge in [0.25, 0.3) is 0 Å². The number of unbranched alkanes of at least 4 members (excludes halogenated alkanes) is 1. The lowest BCUT2D eigenvalue weighted by atomic mass is 10.3. The first kappa shape index (κ1) is 11.7. The summed E-state index contributed by atoms with van der Waals surface area (Å²) in [5, 5.41) is 0. The maximum atomic E-state index is 11.4. The Kier molecular flexibility index (Phi) is 5.80. The van der Waals surface area contributed by atoms with Crippen LogP contribution in [0.5, 0.6) is 0 Å². The summed E-state index contributed by atoms with van der Waals surface area (Å²) in [6.07, 6.45) is 4.66. The second-order valence-electron chi connectivity index (χ2n) is 3.93. The fourth-order valence-corrected chi connectivity index (χ4v) is 1.67. The van der Waals surface area contributed by atoms with Crippen molar-refractivity contribution < 1.29 is 9.53 Å². The molecule has 82 valence electrons. The molecule has 3 nitrogen and oxygen atoms in total. The number of hydrogen-bond donors (Lipinski definition) is 0. The van der Waals surface area contributed by atoms with Crippen molar-refractivity contribution in [1.29, 1.82) is 0 Å². The Balaban J connectivity index is 1.98. The first-order valence-corrected chi connectivity index (χ1v) is 5.64. The van der Waals surface area contributed by atoms with Gasteiger partial charge in [0.1, 0.15) is 6.61 Å². The fourth-order valence-electron chi connectivity index (χ4n) is 1.67. The number of ketones is 1. The van der Waals surface area contributed by atoms with Crippen molar-refractivity contribution in [3.8, 4) is 0 Å². The van der Waals surface area contributed by atoms with Crippen LogP contribution in [0.3, 0.4) is 0 Å². The molecular formula is C11H21NO2. The first-order valence-electron chi connectivity index (χ1n) is 5.64. The molecule has 0 unspecified atom stereocenters. The largest absolute Gasteiger partial charge is 0.374 e. The van der Waals surface area contributed by atoms with E-state index in [1.807, 2.05) is 0 Å². The monoisotopic (exact) mass is 199 g/mol. The number of carbonyl (C=O) groups excluding carboxylic acids is 1. The van der Waals surface area contributed by atoms with Crippen molar-refractivity contribution in [2.24, 2.45) is 0 Å². The molecule has 0 saturated carbocycles. The van der Waals surface area contributed by atoms with Crippen LogP contribution in [0.2, 0.25) is 0 Å². The van der Waals surface area contributed by atoms with Crippen molar-refractivity contribution in [1.82, 2.24) is 4.90 Å². The van der Waals surface area contributed by atoms with E-state index in [4.69, 9.17) is 4.74 Å². The predicted octanol–water partition coefficient (Wildman–Crippen LogP) is 1.47. The van der Waals surface area contributed by atoms with Crippen molar-refractivity contribution in [2.45, 2.75) is 32.6 Å². The van der Waals surface area contributed by atoms with E-state index < -0.39 is 0 Å². The Morgan fingerprint density at radius 2 is 2.07 bits per heavy atom. The Bertz CT molecular complexity index is 165. The van der Waals surface area contributed by atoms with E-state index in [0.717, 1.165) is 32.5 Å². The lowest BCUT2D eigenvalue weighted by Crippen LogP contribution is -2.29. The lowest BCUT2D eigenvalue weighted by Gasteiger charge is -2.12. The van der Waals surface area contributed by atoms with Gasteiger partial charge in [-0.3, -0.25) is 9.69 Å². The maximum absolute atomic E-state index is 11.4. The lowest BCUT2D eigenvalue weighted by molar-refractivity contribution is -0.124. The van der Waals surface area contributed by atoms with Crippen molar-refractivity contribution in [3.05, 3.63) is 0 Å². The van der Waals surface area contributed by atoms with E-state index in [2.05, 4.69) is 11.8 Å². The average Bonchev–Trinajstić information content (AvgIpc) is 2.65. The first-order chi connectivity index (χ1) is 6.83. The van der Waals surface area contributed by atoms with E-state index in [1.54, 1.807) is 0 Å². The van der Waals surface area contributed by atoms with Gasteiger partial charge in [-0.2, -0.15) is 0 Å². The third-order valence-electron chi connectivity index (χ3n) is 2.50. The zero-order valence-corrected chi connectivity index (χ0v) is 9.13. The SMILES string of the molecule is CCCCOCC(=O)CN1CCCC1.